The molecular formula is C10H12Cl2O3. The Bertz CT molecular complexity index is 320. The van der Waals surface area contributed by atoms with Crippen LogP contribution in [0.25, 0.3) is 0 Å². The third-order valence-electron chi connectivity index (χ3n) is 1.65. The number of hydrogen-bond donors (Lipinski definition) is 2. The predicted octanol–water partition coefficient (Wildman–Crippen LogP) is 4.09. The normalized spacial score (nSPS) is 13.9. The first-order chi connectivity index (χ1) is 6.77. The Balaban J connectivity index is 4.92. The molecule has 0 aliphatic carbocycles. The van der Waals surface area contributed by atoms with Gasteiger partial charge in [0.05, 0.1) is 0 Å². The average Bonchev–Trinajstić information content (AvgIpc) is 2.14. The molecule has 0 aliphatic heterocycles. The number of halogens is 2. The molecule has 0 aliphatic rings. The smallest absolute Gasteiger partial charge is 0.289 e. The summed E-state index contributed by atoms with van der Waals surface area (Å²) in [6, 6.07) is 0. The van der Waals surface area contributed by atoms with Gasteiger partial charge in [0.1, 0.15) is 0 Å². The summed E-state index contributed by atoms with van der Waals surface area (Å²) in [5.74, 6) is -1.07. The van der Waals surface area contributed by atoms with Crippen molar-refractivity contribution in [3.8, 4) is 0 Å². The van der Waals surface area contributed by atoms with Crippen LogP contribution >= 0.6 is 23.2 Å². The Morgan fingerprint density at radius 2 is 1.20 bits per heavy atom. The lowest BCUT2D eigenvalue weighted by atomic mass is 10.3. The van der Waals surface area contributed by atoms with Crippen LogP contribution in [-0.2, 0) is 4.74 Å². The minimum atomic E-state index is -0.537. The minimum Gasteiger partial charge on any atom is -0.480 e. The molecule has 3 nitrogen and oxygen atoms in total. The van der Waals surface area contributed by atoms with Gasteiger partial charge in [-0.25, -0.2) is 0 Å². The topological polar surface area (TPSA) is 49.7 Å². The van der Waals surface area contributed by atoms with E-state index >= 15 is 0 Å². The van der Waals surface area contributed by atoms with E-state index in [9.17, 15) is 10.2 Å². The molecule has 0 saturated heterocycles. The Morgan fingerprint density at radius 3 is 1.40 bits per heavy atom. The number of hydrogen-bond acceptors (Lipinski definition) is 3. The highest BCUT2D eigenvalue weighted by Crippen LogP contribution is 2.20. The summed E-state index contributed by atoms with van der Waals surface area (Å²) in [6.07, 6.45) is 0. The van der Waals surface area contributed by atoms with Gasteiger partial charge in [-0.1, -0.05) is 36.4 Å². The molecule has 0 aromatic heterocycles. The molecule has 84 valence electrons. The second-order valence-corrected chi connectivity index (χ2v) is 3.68. The average molecular weight is 251 g/mol. The van der Waals surface area contributed by atoms with Gasteiger partial charge in [-0.05, 0) is 13.8 Å². The van der Waals surface area contributed by atoms with Gasteiger partial charge < -0.3 is 14.9 Å². The molecule has 15 heavy (non-hydrogen) atoms. The van der Waals surface area contributed by atoms with Crippen molar-refractivity contribution in [3.63, 3.8) is 0 Å². The largest absolute Gasteiger partial charge is 0.480 e. The van der Waals surface area contributed by atoms with Gasteiger partial charge in [0.15, 0.2) is 0 Å². The summed E-state index contributed by atoms with van der Waals surface area (Å²) in [5.41, 5.74) is 0.437. The summed E-state index contributed by atoms with van der Waals surface area (Å²) in [4.78, 5) is 0. The lowest BCUT2D eigenvalue weighted by Gasteiger charge is -2.08. The molecule has 5 heteroatoms. The zero-order chi connectivity index (χ0) is 12.2. The molecule has 0 aromatic rings. The Labute approximate surface area is 98.6 Å². The summed E-state index contributed by atoms with van der Waals surface area (Å²) in [5, 5.41) is 18.9. The highest BCUT2D eigenvalue weighted by molar-refractivity contribution is 6.31. The number of rotatable bonds is 4. The lowest BCUT2D eigenvalue weighted by molar-refractivity contribution is 0.0633. The summed E-state index contributed by atoms with van der Waals surface area (Å²) in [6.45, 7) is 9.76. The summed E-state index contributed by atoms with van der Waals surface area (Å²) >= 11 is 11.0. The van der Waals surface area contributed by atoms with Crippen molar-refractivity contribution >= 4 is 23.2 Å². The third-order valence-corrected chi connectivity index (χ3v) is 2.22. The van der Waals surface area contributed by atoms with Crippen molar-refractivity contribution in [1.82, 2.24) is 0 Å². The van der Waals surface area contributed by atoms with E-state index in [1.165, 1.54) is 13.8 Å². The third kappa shape index (κ3) is 4.32. The van der Waals surface area contributed by atoms with Crippen LogP contribution < -0.4 is 0 Å². The first kappa shape index (κ1) is 13.9. The molecule has 0 amide bonds. The second-order valence-electron chi connectivity index (χ2n) is 2.77. The van der Waals surface area contributed by atoms with Gasteiger partial charge in [-0.15, -0.1) is 0 Å². The fourth-order valence-corrected chi connectivity index (χ4v) is 0.638. The molecule has 0 saturated carbocycles. The molecule has 0 unspecified atom stereocenters. The first-order valence-corrected chi connectivity index (χ1v) is 4.70. The van der Waals surface area contributed by atoms with E-state index in [1.54, 1.807) is 0 Å². The maximum Gasteiger partial charge on any atom is 0.289 e. The highest BCUT2D eigenvalue weighted by Gasteiger charge is 2.10. The van der Waals surface area contributed by atoms with E-state index in [1.807, 2.05) is 0 Å². The van der Waals surface area contributed by atoms with Crippen LogP contribution in [0.3, 0.4) is 0 Å². The van der Waals surface area contributed by atoms with E-state index in [2.05, 4.69) is 17.9 Å². The zero-order valence-electron chi connectivity index (χ0n) is 8.47. The lowest BCUT2D eigenvalue weighted by Crippen LogP contribution is -1.98. The minimum absolute atomic E-state index is 0.114. The number of aliphatic hydroxyl groups is 2. The molecule has 0 rings (SSSR count). The van der Waals surface area contributed by atoms with Crippen LogP contribution in [0, 0.1) is 0 Å². The van der Waals surface area contributed by atoms with E-state index < -0.39 is 11.9 Å². The maximum atomic E-state index is 9.33. The van der Waals surface area contributed by atoms with E-state index in [-0.39, 0.29) is 21.2 Å². The molecular weight excluding hydrogens is 239 g/mol. The SMILES string of the molecule is C=C(Cl)/C(C)=C(/O)O/C(O)=C(\C)C(=C)Cl. The van der Waals surface area contributed by atoms with E-state index in [4.69, 9.17) is 23.2 Å². The van der Waals surface area contributed by atoms with Crippen LogP contribution in [0.5, 0.6) is 0 Å². The van der Waals surface area contributed by atoms with Gasteiger partial charge in [0.2, 0.25) is 0 Å². The quantitative estimate of drug-likeness (QED) is 0.584. The fraction of sp³-hybridized carbons (Fsp3) is 0.200. The highest BCUT2D eigenvalue weighted by atomic mass is 35.5. The zero-order valence-corrected chi connectivity index (χ0v) is 9.98. The first-order valence-electron chi connectivity index (χ1n) is 3.94. The van der Waals surface area contributed by atoms with Gasteiger partial charge in [-0.3, -0.25) is 0 Å². The summed E-state index contributed by atoms with van der Waals surface area (Å²) < 4.78 is 4.68. The molecule has 2 N–H and O–H groups in total. The molecule has 0 spiro atoms. The number of aliphatic hydroxyl groups excluding tert-OH is 2. The van der Waals surface area contributed by atoms with E-state index in [0.29, 0.717) is 0 Å². The number of ether oxygens (including phenoxy) is 1. The number of allylic oxidation sites excluding steroid dienone is 4. The van der Waals surface area contributed by atoms with Gasteiger partial charge in [0.25, 0.3) is 11.9 Å². The van der Waals surface area contributed by atoms with Crippen molar-refractivity contribution in [2.45, 2.75) is 13.8 Å². The summed E-state index contributed by atoms with van der Waals surface area (Å²) in [7, 11) is 0. The van der Waals surface area contributed by atoms with Gasteiger partial charge >= 0.3 is 0 Å². The van der Waals surface area contributed by atoms with Crippen molar-refractivity contribution < 1.29 is 14.9 Å². The van der Waals surface area contributed by atoms with Crippen LogP contribution in [0.15, 0.2) is 46.3 Å². The van der Waals surface area contributed by atoms with Crippen molar-refractivity contribution in [3.05, 3.63) is 46.3 Å². The standard InChI is InChI=1S/C10H12Cl2O3/c1-5(7(3)11)9(13)15-10(14)6(2)8(4)12/h13-14H,3-4H2,1-2H3/b9-5-,10-6+. The van der Waals surface area contributed by atoms with Crippen LogP contribution in [0.1, 0.15) is 13.8 Å². The fourth-order valence-electron chi connectivity index (χ4n) is 0.477. The van der Waals surface area contributed by atoms with Crippen molar-refractivity contribution in [1.29, 1.82) is 0 Å². The molecule has 0 fully saturated rings. The maximum absolute atomic E-state index is 9.33. The Morgan fingerprint density at radius 1 is 0.933 bits per heavy atom. The molecule has 0 aromatic carbocycles. The molecule has 0 heterocycles. The van der Waals surface area contributed by atoms with Crippen LogP contribution in [0.4, 0.5) is 0 Å². The van der Waals surface area contributed by atoms with Gasteiger partial charge in [-0.2, -0.15) is 0 Å². The van der Waals surface area contributed by atoms with Crippen molar-refractivity contribution in [2.75, 3.05) is 0 Å². The van der Waals surface area contributed by atoms with Gasteiger partial charge in [0, 0.05) is 21.2 Å². The predicted molar refractivity (Wildman–Crippen MR) is 61.7 cm³/mol. The Hall–Kier alpha value is -1.06. The second kappa shape index (κ2) is 5.73. The molecule has 0 bridgehead atoms. The van der Waals surface area contributed by atoms with E-state index in [0.717, 1.165) is 0 Å². The van der Waals surface area contributed by atoms with Crippen LogP contribution in [-0.4, -0.2) is 10.2 Å². The molecule has 0 atom stereocenters. The molecule has 0 radical (unpaired) electrons. The van der Waals surface area contributed by atoms with Crippen molar-refractivity contribution in [2.24, 2.45) is 0 Å². The van der Waals surface area contributed by atoms with Crippen LogP contribution in [0.2, 0.25) is 0 Å². The monoisotopic (exact) mass is 250 g/mol. The Kier molecular flexibility index (Phi) is 5.33.